The van der Waals surface area contributed by atoms with Gasteiger partial charge in [-0.1, -0.05) is 41.9 Å². The third-order valence-electron chi connectivity index (χ3n) is 5.13. The van der Waals surface area contributed by atoms with E-state index in [-0.39, 0.29) is 27.4 Å². The average Bonchev–Trinajstić information content (AvgIpc) is 2.83. The van der Waals surface area contributed by atoms with Crippen LogP contribution in [0.4, 0.5) is 17.1 Å². The highest BCUT2D eigenvalue weighted by atomic mass is 35.5. The maximum Gasteiger partial charge on any atom is 0.288 e. The lowest BCUT2D eigenvalue weighted by Gasteiger charge is -2.11. The summed E-state index contributed by atoms with van der Waals surface area (Å²) in [5.41, 5.74) is 0.0251. The molecule has 0 aromatic heterocycles. The number of carbonyl (C=O) groups is 2. The number of ketones is 1. The number of hydrogen-bond donors (Lipinski definition) is 1. The number of nitro groups is 2. The van der Waals surface area contributed by atoms with Gasteiger partial charge in [-0.05, 0) is 41.8 Å². The van der Waals surface area contributed by atoms with Gasteiger partial charge in [0.25, 0.3) is 17.3 Å². The molecule has 0 fully saturated rings. The normalized spacial score (nSPS) is 10.6. The van der Waals surface area contributed by atoms with E-state index in [1.807, 2.05) is 0 Å². The molecule has 0 aliphatic carbocycles. The number of amides is 1. The van der Waals surface area contributed by atoms with Gasteiger partial charge in [-0.25, -0.2) is 0 Å². The maximum absolute atomic E-state index is 13.1. The molecule has 1 N–H and O–H groups in total. The Hall–Kier alpha value is -4.63. The molecule has 0 heterocycles. The summed E-state index contributed by atoms with van der Waals surface area (Å²) in [6, 6.07) is 19.0. The highest BCUT2D eigenvalue weighted by molar-refractivity contribution is 6.33. The summed E-state index contributed by atoms with van der Waals surface area (Å²) in [6.07, 6.45) is 0. The fraction of sp³-hybridized carbons (Fsp3) is 0. The van der Waals surface area contributed by atoms with E-state index in [0.29, 0.717) is 16.5 Å². The zero-order chi connectivity index (χ0) is 24.4. The van der Waals surface area contributed by atoms with Crippen LogP contribution in [0.25, 0.3) is 10.8 Å². The molecule has 1 amide bonds. The first-order chi connectivity index (χ1) is 16.3. The first-order valence-electron chi connectivity index (χ1n) is 9.82. The number of hydrogen-bond acceptors (Lipinski definition) is 6. The van der Waals surface area contributed by atoms with Crippen molar-refractivity contribution in [2.75, 3.05) is 5.32 Å². The minimum Gasteiger partial charge on any atom is -0.322 e. The molecule has 0 bridgehead atoms. The zero-order valence-electron chi connectivity index (χ0n) is 17.2. The molecule has 0 spiro atoms. The number of nitrogens with zero attached hydrogens (tertiary/aromatic N) is 2. The van der Waals surface area contributed by atoms with Crippen LogP contribution in [0.1, 0.15) is 26.3 Å². The smallest absolute Gasteiger partial charge is 0.288 e. The molecule has 0 saturated heterocycles. The fourth-order valence-electron chi connectivity index (χ4n) is 3.53. The highest BCUT2D eigenvalue weighted by Crippen LogP contribution is 2.29. The molecule has 0 unspecified atom stereocenters. The van der Waals surface area contributed by atoms with Crippen molar-refractivity contribution in [1.82, 2.24) is 0 Å². The third kappa shape index (κ3) is 4.32. The number of nitro benzene ring substituents is 2. The van der Waals surface area contributed by atoms with Crippen LogP contribution >= 0.6 is 11.6 Å². The van der Waals surface area contributed by atoms with Gasteiger partial charge in [0.2, 0.25) is 0 Å². The second-order valence-corrected chi connectivity index (χ2v) is 7.63. The van der Waals surface area contributed by atoms with Gasteiger partial charge in [0, 0.05) is 28.9 Å². The van der Waals surface area contributed by atoms with Gasteiger partial charge >= 0.3 is 0 Å². The van der Waals surface area contributed by atoms with E-state index in [4.69, 9.17) is 11.6 Å². The first-order valence-corrected chi connectivity index (χ1v) is 10.2. The zero-order valence-corrected chi connectivity index (χ0v) is 18.0. The predicted molar refractivity (Wildman–Crippen MR) is 127 cm³/mol. The molecule has 0 radical (unpaired) electrons. The van der Waals surface area contributed by atoms with Gasteiger partial charge in [-0.15, -0.1) is 0 Å². The summed E-state index contributed by atoms with van der Waals surface area (Å²) in [5, 5.41) is 26.0. The molecular weight excluding hydrogens is 462 g/mol. The predicted octanol–water partition coefficient (Wildman–Crippen LogP) is 5.79. The quantitative estimate of drug-likeness (QED) is 0.213. The van der Waals surface area contributed by atoms with E-state index >= 15 is 0 Å². The standard InChI is InChI=1S/C24H14ClN3O6/c25-20-11-8-15(13-22(20)28(33)34)23(29)18-5-1-2-6-19(18)24(30)26-16-9-10-17-14(12-16)4-3-7-21(17)27(31)32/h1-13H,(H,26,30). The summed E-state index contributed by atoms with van der Waals surface area (Å²) in [7, 11) is 0. The summed E-state index contributed by atoms with van der Waals surface area (Å²) in [6.45, 7) is 0. The summed E-state index contributed by atoms with van der Waals surface area (Å²) in [5.74, 6) is -1.17. The second-order valence-electron chi connectivity index (χ2n) is 7.22. The molecular formula is C24H14ClN3O6. The topological polar surface area (TPSA) is 132 Å². The average molecular weight is 476 g/mol. The van der Waals surface area contributed by atoms with Crippen molar-refractivity contribution in [2.24, 2.45) is 0 Å². The number of anilines is 1. The lowest BCUT2D eigenvalue weighted by atomic mass is 9.97. The molecule has 0 atom stereocenters. The number of halogens is 1. The molecule has 0 aliphatic heterocycles. The molecule has 4 aromatic rings. The monoisotopic (exact) mass is 475 g/mol. The van der Waals surface area contributed by atoms with Gasteiger partial charge < -0.3 is 5.32 Å². The van der Waals surface area contributed by atoms with Crippen molar-refractivity contribution in [3.05, 3.63) is 121 Å². The summed E-state index contributed by atoms with van der Waals surface area (Å²) in [4.78, 5) is 47.3. The van der Waals surface area contributed by atoms with Crippen LogP contribution in [0, 0.1) is 20.2 Å². The van der Waals surface area contributed by atoms with Crippen LogP contribution in [0.3, 0.4) is 0 Å². The fourth-order valence-corrected chi connectivity index (χ4v) is 3.72. The molecule has 10 heteroatoms. The van der Waals surface area contributed by atoms with Gasteiger partial charge in [0.1, 0.15) is 5.02 Å². The van der Waals surface area contributed by atoms with Gasteiger partial charge in [-0.3, -0.25) is 29.8 Å². The van der Waals surface area contributed by atoms with Crippen molar-refractivity contribution in [3.8, 4) is 0 Å². The largest absolute Gasteiger partial charge is 0.322 e. The second kappa shape index (κ2) is 9.08. The van der Waals surface area contributed by atoms with E-state index in [1.54, 1.807) is 30.3 Å². The van der Waals surface area contributed by atoms with E-state index < -0.39 is 27.2 Å². The Bertz CT molecular complexity index is 1500. The van der Waals surface area contributed by atoms with E-state index in [2.05, 4.69) is 5.32 Å². The van der Waals surface area contributed by atoms with Crippen LogP contribution in [-0.2, 0) is 0 Å². The molecule has 4 aromatic carbocycles. The van der Waals surface area contributed by atoms with E-state index in [1.165, 1.54) is 42.5 Å². The van der Waals surface area contributed by atoms with Crippen molar-refractivity contribution in [3.63, 3.8) is 0 Å². The molecule has 34 heavy (non-hydrogen) atoms. The van der Waals surface area contributed by atoms with Gasteiger partial charge in [0.15, 0.2) is 5.78 Å². The van der Waals surface area contributed by atoms with Gasteiger partial charge in [0.05, 0.1) is 20.8 Å². The van der Waals surface area contributed by atoms with Crippen molar-refractivity contribution in [2.45, 2.75) is 0 Å². The van der Waals surface area contributed by atoms with Crippen molar-refractivity contribution < 1.29 is 19.4 Å². The number of non-ortho nitro benzene ring substituents is 1. The third-order valence-corrected chi connectivity index (χ3v) is 5.45. The minimum absolute atomic E-state index is 0.00867. The van der Waals surface area contributed by atoms with E-state index in [0.717, 1.165) is 6.07 Å². The van der Waals surface area contributed by atoms with Gasteiger partial charge in [-0.2, -0.15) is 0 Å². The van der Waals surface area contributed by atoms with Crippen LogP contribution in [-0.4, -0.2) is 21.5 Å². The van der Waals surface area contributed by atoms with Crippen LogP contribution in [0.15, 0.2) is 78.9 Å². The van der Waals surface area contributed by atoms with Crippen LogP contribution in [0.2, 0.25) is 5.02 Å². The number of benzene rings is 4. The van der Waals surface area contributed by atoms with Crippen molar-refractivity contribution >= 4 is 51.1 Å². The number of nitrogens with one attached hydrogen (secondary N) is 1. The Balaban J connectivity index is 1.66. The first kappa shape index (κ1) is 22.6. The number of fused-ring (bicyclic) bond motifs is 1. The Labute approximate surface area is 196 Å². The Kier molecular flexibility index (Phi) is 6.03. The molecule has 9 nitrogen and oxygen atoms in total. The van der Waals surface area contributed by atoms with E-state index in [9.17, 15) is 29.8 Å². The van der Waals surface area contributed by atoms with Crippen molar-refractivity contribution in [1.29, 1.82) is 0 Å². The lowest BCUT2D eigenvalue weighted by molar-refractivity contribution is -0.384. The molecule has 4 rings (SSSR count). The lowest BCUT2D eigenvalue weighted by Crippen LogP contribution is -2.17. The summed E-state index contributed by atoms with van der Waals surface area (Å²) < 4.78 is 0. The molecule has 168 valence electrons. The Morgan fingerprint density at radius 1 is 0.765 bits per heavy atom. The number of rotatable bonds is 6. The molecule has 0 aliphatic rings. The Morgan fingerprint density at radius 2 is 1.47 bits per heavy atom. The van der Waals surface area contributed by atoms with Crippen LogP contribution < -0.4 is 5.32 Å². The van der Waals surface area contributed by atoms with Crippen LogP contribution in [0.5, 0.6) is 0 Å². The SMILES string of the molecule is O=C(Nc1ccc2c([N+](=O)[O-])cccc2c1)c1ccccc1C(=O)c1ccc(Cl)c([N+](=O)[O-])c1. The maximum atomic E-state index is 13.1. The Morgan fingerprint density at radius 3 is 2.18 bits per heavy atom. The summed E-state index contributed by atoms with van der Waals surface area (Å²) >= 11 is 5.83. The number of carbonyl (C=O) groups excluding carboxylic acids is 2. The minimum atomic E-state index is -0.693. The molecule has 0 saturated carbocycles. The highest BCUT2D eigenvalue weighted by Gasteiger charge is 2.22.